The number of amides is 2. The Balaban J connectivity index is 1.99. The number of primary amides is 1. The second kappa shape index (κ2) is 8.12. The second-order valence-electron chi connectivity index (χ2n) is 6.02. The van der Waals surface area contributed by atoms with E-state index in [0.29, 0.717) is 5.56 Å². The largest absolute Gasteiger partial charge is 0.368 e. The van der Waals surface area contributed by atoms with Crippen LogP contribution in [0.25, 0.3) is 0 Å². The monoisotopic (exact) mass is 344 g/mol. The average Bonchev–Trinajstić information content (AvgIpc) is 2.69. The van der Waals surface area contributed by atoms with Gasteiger partial charge in [0.2, 0.25) is 5.91 Å². The topological polar surface area (TPSA) is 72.2 Å². The SMILES string of the molecule is NC(=O)[C@@H](NC(=O)c1ccccc1)C(c1ccccc1)c1ccccc1. The maximum absolute atomic E-state index is 12.6. The first-order chi connectivity index (χ1) is 12.7. The first kappa shape index (κ1) is 17.4. The number of rotatable bonds is 6. The van der Waals surface area contributed by atoms with E-state index in [1.54, 1.807) is 24.3 Å². The number of carbonyl (C=O) groups is 2. The zero-order chi connectivity index (χ0) is 18.4. The van der Waals surface area contributed by atoms with Gasteiger partial charge in [-0.1, -0.05) is 78.9 Å². The maximum Gasteiger partial charge on any atom is 0.251 e. The maximum atomic E-state index is 12.6. The standard InChI is InChI=1S/C22H20N2O2/c23-21(25)20(24-22(26)18-14-8-3-9-15-18)19(16-10-4-1-5-11-16)17-12-6-2-7-13-17/h1-15,19-20H,(H2,23,25)(H,24,26)/t20-/m0/s1. The molecule has 0 aliphatic carbocycles. The molecule has 4 nitrogen and oxygen atoms in total. The van der Waals surface area contributed by atoms with Gasteiger partial charge >= 0.3 is 0 Å². The molecule has 0 heterocycles. The predicted molar refractivity (Wildman–Crippen MR) is 102 cm³/mol. The molecule has 0 aromatic heterocycles. The molecule has 1 atom stereocenters. The first-order valence-electron chi connectivity index (χ1n) is 8.42. The summed E-state index contributed by atoms with van der Waals surface area (Å²) in [6, 6.07) is 27.1. The van der Waals surface area contributed by atoms with E-state index in [1.807, 2.05) is 66.7 Å². The van der Waals surface area contributed by atoms with Crippen molar-refractivity contribution in [2.75, 3.05) is 0 Å². The third-order valence-electron chi connectivity index (χ3n) is 4.28. The summed E-state index contributed by atoms with van der Waals surface area (Å²) < 4.78 is 0. The molecular weight excluding hydrogens is 324 g/mol. The van der Waals surface area contributed by atoms with Crippen molar-refractivity contribution >= 4 is 11.8 Å². The van der Waals surface area contributed by atoms with Crippen LogP contribution in [0.2, 0.25) is 0 Å². The highest BCUT2D eigenvalue weighted by Gasteiger charge is 2.31. The zero-order valence-electron chi connectivity index (χ0n) is 14.2. The van der Waals surface area contributed by atoms with Crippen molar-refractivity contribution in [1.82, 2.24) is 5.32 Å². The third-order valence-corrected chi connectivity index (χ3v) is 4.28. The minimum atomic E-state index is -0.868. The summed E-state index contributed by atoms with van der Waals surface area (Å²) in [6.45, 7) is 0. The highest BCUT2D eigenvalue weighted by molar-refractivity contribution is 5.97. The van der Waals surface area contributed by atoms with E-state index in [-0.39, 0.29) is 11.8 Å². The van der Waals surface area contributed by atoms with Crippen LogP contribution in [0.4, 0.5) is 0 Å². The lowest BCUT2D eigenvalue weighted by Gasteiger charge is -2.26. The Morgan fingerprint density at radius 1 is 0.692 bits per heavy atom. The molecule has 4 heteroatoms. The van der Waals surface area contributed by atoms with E-state index >= 15 is 0 Å². The lowest BCUT2D eigenvalue weighted by atomic mass is 9.84. The molecule has 0 radical (unpaired) electrons. The number of hydrogen-bond acceptors (Lipinski definition) is 2. The molecule has 3 aromatic carbocycles. The van der Waals surface area contributed by atoms with Crippen LogP contribution in [0.15, 0.2) is 91.0 Å². The molecule has 0 fully saturated rings. The Bertz CT molecular complexity index is 825. The first-order valence-corrected chi connectivity index (χ1v) is 8.42. The van der Waals surface area contributed by atoms with Crippen LogP contribution in [0, 0.1) is 0 Å². The average molecular weight is 344 g/mol. The van der Waals surface area contributed by atoms with Crippen LogP contribution in [0.1, 0.15) is 27.4 Å². The van der Waals surface area contributed by atoms with Crippen LogP contribution < -0.4 is 11.1 Å². The lowest BCUT2D eigenvalue weighted by molar-refractivity contribution is -0.120. The van der Waals surface area contributed by atoms with Gasteiger partial charge in [0.1, 0.15) is 6.04 Å². The van der Waals surface area contributed by atoms with Gasteiger partial charge in [-0.3, -0.25) is 9.59 Å². The zero-order valence-corrected chi connectivity index (χ0v) is 14.2. The summed E-state index contributed by atoms with van der Waals surface area (Å²) in [5.74, 6) is -1.28. The summed E-state index contributed by atoms with van der Waals surface area (Å²) in [5, 5.41) is 2.82. The number of nitrogens with one attached hydrogen (secondary N) is 1. The van der Waals surface area contributed by atoms with E-state index in [9.17, 15) is 9.59 Å². The molecule has 3 N–H and O–H groups in total. The van der Waals surface area contributed by atoms with Crippen LogP contribution in [-0.2, 0) is 4.79 Å². The Morgan fingerprint density at radius 3 is 1.54 bits per heavy atom. The molecule has 0 aliphatic rings. The van der Waals surface area contributed by atoms with Gasteiger partial charge in [-0.15, -0.1) is 0 Å². The van der Waals surface area contributed by atoms with Gasteiger partial charge in [0.15, 0.2) is 0 Å². The van der Waals surface area contributed by atoms with Gasteiger partial charge < -0.3 is 11.1 Å². The lowest BCUT2D eigenvalue weighted by Crippen LogP contribution is -2.48. The van der Waals surface area contributed by atoms with Gasteiger partial charge in [0.05, 0.1) is 0 Å². The van der Waals surface area contributed by atoms with Gasteiger partial charge in [-0.05, 0) is 23.3 Å². The Hall–Kier alpha value is -3.40. The van der Waals surface area contributed by atoms with Crippen molar-refractivity contribution < 1.29 is 9.59 Å². The smallest absolute Gasteiger partial charge is 0.251 e. The highest BCUT2D eigenvalue weighted by atomic mass is 16.2. The summed E-state index contributed by atoms with van der Waals surface area (Å²) in [7, 11) is 0. The number of hydrogen-bond donors (Lipinski definition) is 2. The van der Waals surface area contributed by atoms with Crippen molar-refractivity contribution in [3.05, 3.63) is 108 Å². The molecule has 130 valence electrons. The molecule has 26 heavy (non-hydrogen) atoms. The summed E-state index contributed by atoms with van der Waals surface area (Å²) in [4.78, 5) is 24.9. The third kappa shape index (κ3) is 3.98. The minimum Gasteiger partial charge on any atom is -0.368 e. The Labute approximate surface area is 152 Å². The molecule has 0 spiro atoms. The van der Waals surface area contributed by atoms with Crippen molar-refractivity contribution in [3.63, 3.8) is 0 Å². The van der Waals surface area contributed by atoms with Gasteiger partial charge in [-0.2, -0.15) is 0 Å². The molecular formula is C22H20N2O2. The Kier molecular flexibility index (Phi) is 5.44. The number of nitrogens with two attached hydrogens (primary N) is 1. The molecule has 0 bridgehead atoms. The van der Waals surface area contributed by atoms with E-state index in [1.165, 1.54) is 0 Å². The van der Waals surface area contributed by atoms with Gasteiger partial charge in [-0.25, -0.2) is 0 Å². The van der Waals surface area contributed by atoms with Crippen molar-refractivity contribution in [3.8, 4) is 0 Å². The van der Waals surface area contributed by atoms with Crippen LogP contribution >= 0.6 is 0 Å². The van der Waals surface area contributed by atoms with E-state index < -0.39 is 11.9 Å². The van der Waals surface area contributed by atoms with Gasteiger partial charge in [0.25, 0.3) is 5.91 Å². The fourth-order valence-corrected chi connectivity index (χ4v) is 3.03. The molecule has 3 rings (SSSR count). The number of carbonyl (C=O) groups excluding carboxylic acids is 2. The predicted octanol–water partition coefficient (Wildman–Crippen LogP) is 3.10. The van der Waals surface area contributed by atoms with E-state index in [4.69, 9.17) is 5.73 Å². The normalized spacial score (nSPS) is 11.7. The molecule has 0 unspecified atom stereocenters. The van der Waals surface area contributed by atoms with E-state index in [2.05, 4.69) is 5.32 Å². The van der Waals surface area contributed by atoms with Crippen LogP contribution in [0.5, 0.6) is 0 Å². The van der Waals surface area contributed by atoms with E-state index in [0.717, 1.165) is 11.1 Å². The highest BCUT2D eigenvalue weighted by Crippen LogP contribution is 2.28. The fraction of sp³-hybridized carbons (Fsp3) is 0.0909. The molecule has 0 saturated carbocycles. The van der Waals surface area contributed by atoms with Crippen LogP contribution in [-0.4, -0.2) is 17.9 Å². The van der Waals surface area contributed by atoms with Crippen molar-refractivity contribution in [2.24, 2.45) is 5.73 Å². The van der Waals surface area contributed by atoms with Crippen molar-refractivity contribution in [2.45, 2.75) is 12.0 Å². The summed E-state index contributed by atoms with van der Waals surface area (Å²) in [6.07, 6.45) is 0. The van der Waals surface area contributed by atoms with Crippen molar-refractivity contribution in [1.29, 1.82) is 0 Å². The fourth-order valence-electron chi connectivity index (χ4n) is 3.03. The summed E-state index contributed by atoms with van der Waals surface area (Å²) >= 11 is 0. The second-order valence-corrected chi connectivity index (χ2v) is 6.02. The quantitative estimate of drug-likeness (QED) is 0.721. The van der Waals surface area contributed by atoms with Gasteiger partial charge in [0, 0.05) is 11.5 Å². The molecule has 2 amide bonds. The molecule has 0 saturated heterocycles. The minimum absolute atomic E-state index is 0.328. The Morgan fingerprint density at radius 2 is 1.12 bits per heavy atom. The summed E-state index contributed by atoms with van der Waals surface area (Å²) in [5.41, 5.74) is 8.00. The number of benzene rings is 3. The van der Waals surface area contributed by atoms with Crippen LogP contribution in [0.3, 0.4) is 0 Å². The molecule has 3 aromatic rings. The molecule has 0 aliphatic heterocycles.